The van der Waals surface area contributed by atoms with Crippen LogP contribution in [-0.2, 0) is 7.05 Å². The normalized spacial score (nSPS) is 13.9. The van der Waals surface area contributed by atoms with Crippen LogP contribution in [0.5, 0.6) is 0 Å². The molecule has 1 aliphatic rings. The summed E-state index contributed by atoms with van der Waals surface area (Å²) in [5.41, 5.74) is 4.08. The molecule has 10 nitrogen and oxygen atoms in total. The fraction of sp³-hybridized carbons (Fsp3) is 0.292. The molecule has 1 saturated heterocycles. The smallest absolute Gasteiger partial charge is 0.326 e. The molecule has 0 atom stereocenters. The lowest BCUT2D eigenvalue weighted by Crippen LogP contribution is -2.45. The quantitative estimate of drug-likeness (QED) is 0.418. The van der Waals surface area contributed by atoms with E-state index in [2.05, 4.69) is 42.5 Å². The standard InChI is InChI=1S/C24H26N8O2S.ClH/c1-15-19-20(32-10-8-30(2)9-11-32)18(14-26-21(19)31(3)29-15)22(33)28-24(34)27-17-6-4-5-16(13-17)23-25-7-12-35-23;/h4-7,12-14H,8-11H2,1-3H3,(H2,27,28,33,34);1H. The van der Waals surface area contributed by atoms with E-state index >= 15 is 0 Å². The third kappa shape index (κ3) is 5.03. The number of piperazine rings is 1. The highest BCUT2D eigenvalue weighted by atomic mass is 35.5. The van der Waals surface area contributed by atoms with E-state index in [0.29, 0.717) is 16.9 Å². The molecular weight excluding hydrogens is 500 g/mol. The predicted molar refractivity (Wildman–Crippen MR) is 144 cm³/mol. The molecule has 5 rings (SSSR count). The van der Waals surface area contributed by atoms with E-state index in [1.54, 1.807) is 16.9 Å². The van der Waals surface area contributed by atoms with Crippen molar-refractivity contribution in [2.24, 2.45) is 7.05 Å². The number of carbonyl (C=O) groups is 2. The summed E-state index contributed by atoms with van der Waals surface area (Å²) in [5, 5.41) is 13.3. The van der Waals surface area contributed by atoms with Crippen LogP contribution in [0.25, 0.3) is 21.6 Å². The monoisotopic (exact) mass is 526 g/mol. The maximum atomic E-state index is 13.3. The van der Waals surface area contributed by atoms with Crippen molar-refractivity contribution < 1.29 is 9.59 Å². The summed E-state index contributed by atoms with van der Waals surface area (Å²) in [5.74, 6) is -0.509. The zero-order chi connectivity index (χ0) is 24.5. The number of pyridine rings is 1. The van der Waals surface area contributed by atoms with E-state index < -0.39 is 11.9 Å². The van der Waals surface area contributed by atoms with Gasteiger partial charge in [0.15, 0.2) is 5.65 Å². The summed E-state index contributed by atoms with van der Waals surface area (Å²) >= 11 is 1.52. The molecule has 4 heterocycles. The summed E-state index contributed by atoms with van der Waals surface area (Å²) in [6, 6.07) is 6.74. The van der Waals surface area contributed by atoms with Gasteiger partial charge in [0.2, 0.25) is 0 Å². The van der Waals surface area contributed by atoms with Crippen LogP contribution in [0.2, 0.25) is 0 Å². The summed E-state index contributed by atoms with van der Waals surface area (Å²) in [6.07, 6.45) is 3.26. The number of anilines is 2. The number of aromatic nitrogens is 4. The molecule has 1 aliphatic heterocycles. The van der Waals surface area contributed by atoms with E-state index in [1.807, 2.05) is 37.6 Å². The zero-order valence-corrected chi connectivity index (χ0v) is 21.8. The number of hydrogen-bond acceptors (Lipinski definition) is 8. The molecule has 0 radical (unpaired) electrons. The molecule has 0 spiro atoms. The third-order valence-electron chi connectivity index (χ3n) is 6.09. The first-order chi connectivity index (χ1) is 16.9. The van der Waals surface area contributed by atoms with Crippen molar-refractivity contribution in [2.45, 2.75) is 6.92 Å². The molecule has 3 amide bonds. The highest BCUT2D eigenvalue weighted by molar-refractivity contribution is 7.13. The van der Waals surface area contributed by atoms with Crippen molar-refractivity contribution in [3.63, 3.8) is 0 Å². The minimum atomic E-state index is -0.612. The zero-order valence-electron chi connectivity index (χ0n) is 20.2. The third-order valence-corrected chi connectivity index (χ3v) is 6.91. The summed E-state index contributed by atoms with van der Waals surface area (Å²) in [4.78, 5) is 39.3. The first-order valence-electron chi connectivity index (χ1n) is 11.3. The van der Waals surface area contributed by atoms with Crippen molar-refractivity contribution in [3.05, 3.63) is 53.3 Å². The molecule has 0 aliphatic carbocycles. The van der Waals surface area contributed by atoms with Crippen LogP contribution in [0, 0.1) is 6.92 Å². The number of halogens is 1. The average molecular weight is 527 g/mol. The van der Waals surface area contributed by atoms with Crippen LogP contribution in [0.15, 0.2) is 42.0 Å². The second-order valence-corrected chi connectivity index (χ2v) is 9.44. The Hall–Kier alpha value is -3.54. The Morgan fingerprint density at radius 1 is 1.08 bits per heavy atom. The van der Waals surface area contributed by atoms with Gasteiger partial charge in [-0.3, -0.25) is 14.8 Å². The number of thiazole rings is 1. The van der Waals surface area contributed by atoms with Gasteiger partial charge in [-0.25, -0.2) is 14.8 Å². The van der Waals surface area contributed by atoms with Crippen LogP contribution < -0.4 is 15.5 Å². The summed E-state index contributed by atoms with van der Waals surface area (Å²) < 4.78 is 1.72. The second-order valence-electron chi connectivity index (χ2n) is 8.54. The minimum Gasteiger partial charge on any atom is -0.368 e. The molecule has 188 valence electrons. The predicted octanol–water partition coefficient (Wildman–Crippen LogP) is 3.54. The van der Waals surface area contributed by atoms with E-state index in [4.69, 9.17) is 0 Å². The van der Waals surface area contributed by atoms with Crippen LogP contribution in [0.1, 0.15) is 16.1 Å². The van der Waals surface area contributed by atoms with E-state index in [0.717, 1.165) is 53.5 Å². The van der Waals surface area contributed by atoms with Crippen LogP contribution in [0.4, 0.5) is 16.2 Å². The Kier molecular flexibility index (Phi) is 7.53. The number of rotatable bonds is 4. The van der Waals surface area contributed by atoms with Gasteiger partial charge >= 0.3 is 6.03 Å². The van der Waals surface area contributed by atoms with Gasteiger partial charge in [0.05, 0.1) is 22.3 Å². The SMILES string of the molecule is Cc1nn(C)c2ncc(C(=O)NC(=O)Nc3cccc(-c4nccs4)c3)c(N3CCN(C)CC3)c12.Cl. The first-order valence-corrected chi connectivity index (χ1v) is 12.2. The highest BCUT2D eigenvalue weighted by Gasteiger charge is 2.26. The Morgan fingerprint density at radius 2 is 1.86 bits per heavy atom. The lowest BCUT2D eigenvalue weighted by atomic mass is 10.1. The number of imide groups is 1. The molecule has 12 heteroatoms. The molecule has 1 aromatic carbocycles. The van der Waals surface area contributed by atoms with Crippen LogP contribution in [0.3, 0.4) is 0 Å². The summed E-state index contributed by atoms with van der Waals surface area (Å²) in [7, 11) is 3.92. The highest BCUT2D eigenvalue weighted by Crippen LogP contribution is 2.32. The minimum absolute atomic E-state index is 0. The van der Waals surface area contributed by atoms with Gasteiger partial charge in [0, 0.05) is 62.3 Å². The fourth-order valence-corrected chi connectivity index (χ4v) is 4.98. The number of amides is 3. The molecule has 0 bridgehead atoms. The van der Waals surface area contributed by atoms with E-state index in [-0.39, 0.29) is 12.4 Å². The Labute approximate surface area is 218 Å². The van der Waals surface area contributed by atoms with Crippen molar-refractivity contribution in [1.82, 2.24) is 30.0 Å². The van der Waals surface area contributed by atoms with Gasteiger partial charge in [-0.2, -0.15) is 5.10 Å². The number of likely N-dealkylation sites (N-methyl/N-ethyl adjacent to an activating group) is 1. The van der Waals surface area contributed by atoms with E-state index in [9.17, 15) is 9.59 Å². The number of fused-ring (bicyclic) bond motifs is 1. The number of urea groups is 1. The Bertz CT molecular complexity index is 1400. The number of nitrogens with one attached hydrogen (secondary N) is 2. The van der Waals surface area contributed by atoms with Gasteiger partial charge < -0.3 is 15.1 Å². The summed E-state index contributed by atoms with van der Waals surface area (Å²) in [6.45, 7) is 5.19. The van der Waals surface area contributed by atoms with E-state index in [1.165, 1.54) is 17.5 Å². The maximum Gasteiger partial charge on any atom is 0.326 e. The molecule has 4 aromatic rings. The fourth-order valence-electron chi connectivity index (χ4n) is 4.35. The topological polar surface area (TPSA) is 108 Å². The van der Waals surface area contributed by atoms with Crippen LogP contribution >= 0.6 is 23.7 Å². The first kappa shape index (κ1) is 25.5. The number of carbonyl (C=O) groups excluding carboxylic acids is 2. The molecule has 3 aromatic heterocycles. The van der Waals surface area contributed by atoms with Crippen molar-refractivity contribution in [3.8, 4) is 10.6 Å². The average Bonchev–Trinajstić information content (AvgIpc) is 3.48. The number of aryl methyl sites for hydroxylation is 2. The van der Waals surface area contributed by atoms with Gasteiger partial charge in [-0.05, 0) is 26.1 Å². The largest absolute Gasteiger partial charge is 0.368 e. The van der Waals surface area contributed by atoms with Crippen molar-refractivity contribution in [2.75, 3.05) is 43.4 Å². The number of benzene rings is 1. The number of hydrogen-bond donors (Lipinski definition) is 2. The van der Waals surface area contributed by atoms with Crippen LogP contribution in [-0.4, -0.2) is 69.8 Å². The van der Waals surface area contributed by atoms with Gasteiger partial charge in [0.25, 0.3) is 5.91 Å². The molecule has 2 N–H and O–H groups in total. The lowest BCUT2D eigenvalue weighted by Gasteiger charge is -2.35. The molecule has 36 heavy (non-hydrogen) atoms. The number of nitrogens with zero attached hydrogens (tertiary/aromatic N) is 6. The van der Waals surface area contributed by atoms with Crippen molar-refractivity contribution in [1.29, 1.82) is 0 Å². The maximum absolute atomic E-state index is 13.3. The Balaban J connectivity index is 0.00000304. The lowest BCUT2D eigenvalue weighted by molar-refractivity contribution is 0.0967. The molecule has 1 fully saturated rings. The van der Waals surface area contributed by atoms with Gasteiger partial charge in [-0.15, -0.1) is 23.7 Å². The van der Waals surface area contributed by atoms with Gasteiger partial charge in [0.1, 0.15) is 5.01 Å². The van der Waals surface area contributed by atoms with Gasteiger partial charge in [-0.1, -0.05) is 12.1 Å². The Morgan fingerprint density at radius 3 is 2.58 bits per heavy atom. The molecular formula is C24H27ClN8O2S. The molecule has 0 unspecified atom stereocenters. The molecule has 0 saturated carbocycles. The van der Waals surface area contributed by atoms with Crippen molar-refractivity contribution >= 4 is 58.1 Å². The second kappa shape index (κ2) is 10.6.